The molecule has 6 heteroatoms. The van der Waals surface area contributed by atoms with Gasteiger partial charge in [0.2, 0.25) is 5.91 Å². The molecule has 1 aromatic heterocycles. The molecule has 160 valence electrons. The molecule has 1 fully saturated rings. The van der Waals surface area contributed by atoms with Crippen LogP contribution in [0, 0.1) is 13.8 Å². The van der Waals surface area contributed by atoms with Gasteiger partial charge in [0.25, 0.3) is 5.91 Å². The van der Waals surface area contributed by atoms with Crippen molar-refractivity contribution in [3.8, 4) is 0 Å². The molecular formula is C25H27N3O2S. The molecule has 31 heavy (non-hydrogen) atoms. The fourth-order valence-electron chi connectivity index (χ4n) is 3.92. The topological polar surface area (TPSA) is 62.3 Å². The summed E-state index contributed by atoms with van der Waals surface area (Å²) < 4.78 is 0. The first-order chi connectivity index (χ1) is 15.0. The number of amides is 2. The molecule has 2 heterocycles. The van der Waals surface area contributed by atoms with Gasteiger partial charge in [-0.25, -0.2) is 4.98 Å². The highest BCUT2D eigenvalue weighted by Gasteiger charge is 2.33. The molecule has 2 amide bonds. The molecule has 1 N–H and O–H groups in total. The summed E-state index contributed by atoms with van der Waals surface area (Å²) in [5.74, 6) is -0.178. The van der Waals surface area contributed by atoms with Crippen molar-refractivity contribution in [3.05, 3.63) is 81.9 Å². The number of aryl methyl sites for hydroxylation is 2. The molecule has 1 aliphatic rings. The minimum absolute atomic E-state index is 0.0330. The highest BCUT2D eigenvalue weighted by Crippen LogP contribution is 2.30. The lowest BCUT2D eigenvalue weighted by atomic mass is 10.0. The number of likely N-dealkylation sites (tertiary alicyclic amines) is 1. The number of carbonyl (C=O) groups is 2. The zero-order chi connectivity index (χ0) is 21.8. The van der Waals surface area contributed by atoms with Gasteiger partial charge in [0, 0.05) is 24.3 Å². The maximum atomic E-state index is 13.3. The summed E-state index contributed by atoms with van der Waals surface area (Å²) in [6.07, 6.45) is 3.08. The second-order valence-corrected chi connectivity index (χ2v) is 9.12. The van der Waals surface area contributed by atoms with Crippen molar-refractivity contribution in [1.82, 2.24) is 9.88 Å². The maximum absolute atomic E-state index is 13.3. The normalized spacial score (nSPS) is 15.0. The van der Waals surface area contributed by atoms with Crippen molar-refractivity contribution in [1.29, 1.82) is 0 Å². The lowest BCUT2D eigenvalue weighted by molar-refractivity contribution is -0.141. The molecule has 4 rings (SSSR count). The number of rotatable bonds is 6. The van der Waals surface area contributed by atoms with Crippen LogP contribution in [0.15, 0.2) is 54.6 Å². The van der Waals surface area contributed by atoms with Crippen LogP contribution in [-0.2, 0) is 16.0 Å². The molecule has 1 atom stereocenters. The molecular weight excluding hydrogens is 406 g/mol. The van der Waals surface area contributed by atoms with Gasteiger partial charge < -0.3 is 4.90 Å². The molecule has 1 saturated heterocycles. The SMILES string of the molecule is Cc1ccc(Cc2sc(NC(=O)C(c3ccccc3)N3CCCCC3=O)nc2C)cc1. The third kappa shape index (κ3) is 5.02. The summed E-state index contributed by atoms with van der Waals surface area (Å²) >= 11 is 1.50. The highest BCUT2D eigenvalue weighted by atomic mass is 32.1. The number of anilines is 1. The number of thiazole rings is 1. The van der Waals surface area contributed by atoms with Gasteiger partial charge in [-0.1, -0.05) is 60.2 Å². The standard InChI is InChI=1S/C25H27N3O2S/c1-17-11-13-19(14-12-17)16-21-18(2)26-25(31-21)27-24(30)23(20-8-4-3-5-9-20)28-15-7-6-10-22(28)29/h3-5,8-9,11-14,23H,6-7,10,15-16H2,1-2H3,(H,26,27,30). The first-order valence-electron chi connectivity index (χ1n) is 10.7. The van der Waals surface area contributed by atoms with E-state index in [0.29, 0.717) is 18.1 Å². The van der Waals surface area contributed by atoms with Crippen molar-refractivity contribution < 1.29 is 9.59 Å². The molecule has 0 saturated carbocycles. The van der Waals surface area contributed by atoms with Gasteiger partial charge in [-0.15, -0.1) is 11.3 Å². The predicted molar refractivity (Wildman–Crippen MR) is 124 cm³/mol. The number of hydrogen-bond acceptors (Lipinski definition) is 4. The van der Waals surface area contributed by atoms with E-state index in [1.165, 1.54) is 22.5 Å². The quantitative estimate of drug-likeness (QED) is 0.592. The fourth-order valence-corrected chi connectivity index (χ4v) is 4.92. The second-order valence-electron chi connectivity index (χ2n) is 8.04. The Morgan fingerprint density at radius 1 is 1.10 bits per heavy atom. The average molecular weight is 434 g/mol. The van der Waals surface area contributed by atoms with E-state index < -0.39 is 6.04 Å². The summed E-state index contributed by atoms with van der Waals surface area (Å²) in [6, 6.07) is 17.3. The third-order valence-electron chi connectivity index (χ3n) is 5.64. The summed E-state index contributed by atoms with van der Waals surface area (Å²) in [5, 5.41) is 3.57. The van der Waals surface area contributed by atoms with Crippen LogP contribution in [0.25, 0.3) is 0 Å². The average Bonchev–Trinajstić information content (AvgIpc) is 3.10. The highest BCUT2D eigenvalue weighted by molar-refractivity contribution is 7.15. The Balaban J connectivity index is 1.54. The van der Waals surface area contributed by atoms with E-state index in [1.54, 1.807) is 4.90 Å². The van der Waals surface area contributed by atoms with Crippen LogP contribution in [0.5, 0.6) is 0 Å². The lowest BCUT2D eigenvalue weighted by Gasteiger charge is -2.33. The van der Waals surface area contributed by atoms with Crippen LogP contribution < -0.4 is 5.32 Å². The second kappa shape index (κ2) is 9.43. The zero-order valence-electron chi connectivity index (χ0n) is 17.9. The van der Waals surface area contributed by atoms with Gasteiger partial charge in [-0.3, -0.25) is 14.9 Å². The predicted octanol–water partition coefficient (Wildman–Crippen LogP) is 5.04. The molecule has 1 unspecified atom stereocenters. The molecule has 2 aromatic carbocycles. The summed E-state index contributed by atoms with van der Waals surface area (Å²) in [4.78, 5) is 33.3. The van der Waals surface area contributed by atoms with E-state index in [9.17, 15) is 9.59 Å². The largest absolute Gasteiger partial charge is 0.327 e. The van der Waals surface area contributed by atoms with Crippen molar-refractivity contribution >= 4 is 28.3 Å². The smallest absolute Gasteiger partial charge is 0.253 e. The Morgan fingerprint density at radius 2 is 1.84 bits per heavy atom. The van der Waals surface area contributed by atoms with E-state index in [1.807, 2.05) is 37.3 Å². The molecule has 1 aliphatic heterocycles. The third-order valence-corrected chi connectivity index (χ3v) is 6.72. The van der Waals surface area contributed by atoms with Gasteiger partial charge in [-0.05, 0) is 37.8 Å². The molecule has 0 aliphatic carbocycles. The maximum Gasteiger partial charge on any atom is 0.253 e. The molecule has 0 bridgehead atoms. The number of hydrogen-bond donors (Lipinski definition) is 1. The summed E-state index contributed by atoms with van der Waals surface area (Å²) in [7, 11) is 0. The first kappa shape index (κ1) is 21.2. The lowest BCUT2D eigenvalue weighted by Crippen LogP contribution is -2.43. The van der Waals surface area contributed by atoms with Crippen molar-refractivity contribution in [2.24, 2.45) is 0 Å². The fraction of sp³-hybridized carbons (Fsp3) is 0.320. The number of aromatic nitrogens is 1. The minimum atomic E-state index is -0.640. The zero-order valence-corrected chi connectivity index (χ0v) is 18.7. The molecule has 3 aromatic rings. The van der Waals surface area contributed by atoms with Crippen molar-refractivity contribution in [2.75, 3.05) is 11.9 Å². The van der Waals surface area contributed by atoms with Crippen LogP contribution in [0.3, 0.4) is 0 Å². The monoisotopic (exact) mass is 433 g/mol. The number of piperidine rings is 1. The number of benzene rings is 2. The van der Waals surface area contributed by atoms with Crippen LogP contribution in [0.1, 0.15) is 52.6 Å². The van der Waals surface area contributed by atoms with Crippen molar-refractivity contribution in [2.45, 2.75) is 45.6 Å². The Bertz CT molecular complexity index is 1060. The van der Waals surface area contributed by atoms with E-state index >= 15 is 0 Å². The first-order valence-corrected chi connectivity index (χ1v) is 11.5. The van der Waals surface area contributed by atoms with Gasteiger partial charge in [0.15, 0.2) is 5.13 Å². The van der Waals surface area contributed by atoms with Crippen LogP contribution in [-0.4, -0.2) is 28.2 Å². The van der Waals surface area contributed by atoms with Gasteiger partial charge in [0.1, 0.15) is 6.04 Å². The Kier molecular flexibility index (Phi) is 6.47. The summed E-state index contributed by atoms with van der Waals surface area (Å²) in [6.45, 7) is 4.64. The van der Waals surface area contributed by atoms with E-state index in [4.69, 9.17) is 0 Å². The van der Waals surface area contributed by atoms with Crippen LogP contribution in [0.2, 0.25) is 0 Å². The van der Waals surface area contributed by atoms with Gasteiger partial charge in [-0.2, -0.15) is 0 Å². The van der Waals surface area contributed by atoms with Gasteiger partial charge >= 0.3 is 0 Å². The number of carbonyl (C=O) groups excluding carboxylic acids is 2. The van der Waals surface area contributed by atoms with Crippen LogP contribution in [0.4, 0.5) is 5.13 Å². The summed E-state index contributed by atoms with van der Waals surface area (Å²) in [5.41, 5.74) is 4.20. The van der Waals surface area contributed by atoms with E-state index in [-0.39, 0.29) is 11.8 Å². The Labute approximate surface area is 187 Å². The van der Waals surface area contributed by atoms with Gasteiger partial charge in [0.05, 0.1) is 5.69 Å². The van der Waals surface area contributed by atoms with E-state index in [0.717, 1.165) is 35.4 Å². The number of nitrogens with zero attached hydrogens (tertiary/aromatic N) is 2. The minimum Gasteiger partial charge on any atom is -0.327 e. The van der Waals surface area contributed by atoms with Crippen molar-refractivity contribution in [3.63, 3.8) is 0 Å². The molecule has 0 radical (unpaired) electrons. The number of nitrogens with one attached hydrogen (secondary N) is 1. The Hall–Kier alpha value is -2.99. The van der Waals surface area contributed by atoms with Crippen LogP contribution >= 0.6 is 11.3 Å². The Morgan fingerprint density at radius 3 is 2.55 bits per heavy atom. The molecule has 0 spiro atoms. The molecule has 5 nitrogen and oxygen atoms in total. The van der Waals surface area contributed by atoms with E-state index in [2.05, 4.69) is 41.5 Å².